The summed E-state index contributed by atoms with van der Waals surface area (Å²) in [6.45, 7) is 0. The van der Waals surface area contributed by atoms with Crippen molar-refractivity contribution in [2.45, 2.75) is 38.1 Å². The second-order valence-electron chi connectivity index (χ2n) is 5.10. The molecule has 3 rings (SSSR count). The molecule has 1 aromatic heterocycles. The summed E-state index contributed by atoms with van der Waals surface area (Å²) >= 11 is 0. The van der Waals surface area contributed by atoms with Gasteiger partial charge in [0.25, 0.3) is 0 Å². The Hall–Kier alpha value is -1.94. The summed E-state index contributed by atoms with van der Waals surface area (Å²) in [5, 5.41) is 10.2. The van der Waals surface area contributed by atoms with E-state index in [4.69, 9.17) is 5.73 Å². The van der Waals surface area contributed by atoms with Crippen LogP contribution >= 0.6 is 0 Å². The van der Waals surface area contributed by atoms with Crippen LogP contribution in [0.25, 0.3) is 10.9 Å². The van der Waals surface area contributed by atoms with Gasteiger partial charge in [-0.1, -0.05) is 37.5 Å². The Bertz CT molecular complexity index is 578. The third-order valence-electron chi connectivity index (χ3n) is 3.49. The number of carbonyl (C=O) groups is 1. The van der Waals surface area contributed by atoms with Crippen molar-refractivity contribution >= 4 is 17.2 Å². The molecule has 0 amide bonds. The zero-order chi connectivity index (χ0) is 14.4. The molecule has 1 saturated carbocycles. The van der Waals surface area contributed by atoms with Gasteiger partial charge in [-0.25, -0.2) is 4.98 Å². The predicted molar refractivity (Wildman–Crippen MR) is 79.9 cm³/mol. The van der Waals surface area contributed by atoms with Crippen LogP contribution in [0.15, 0.2) is 30.3 Å². The Labute approximate surface area is 118 Å². The molecule has 0 spiro atoms. The quantitative estimate of drug-likeness (QED) is 0.782. The highest BCUT2D eigenvalue weighted by molar-refractivity contribution is 5.87. The fourth-order valence-corrected chi connectivity index (χ4v) is 2.35. The first kappa shape index (κ1) is 14.5. The Balaban J connectivity index is 0.000000178. The van der Waals surface area contributed by atoms with Crippen molar-refractivity contribution in [3.63, 3.8) is 0 Å². The molecule has 20 heavy (non-hydrogen) atoms. The molecule has 0 saturated heterocycles. The summed E-state index contributed by atoms with van der Waals surface area (Å²) < 4.78 is 0. The lowest BCUT2D eigenvalue weighted by Gasteiger charge is -2.15. The summed E-state index contributed by atoms with van der Waals surface area (Å²) in [6.07, 6.45) is 7.32. The van der Waals surface area contributed by atoms with Crippen LogP contribution in [-0.4, -0.2) is 22.4 Å². The molecule has 1 aliphatic rings. The maximum Gasteiger partial charge on any atom is 0.168 e. The van der Waals surface area contributed by atoms with Gasteiger partial charge in [-0.3, -0.25) is 4.79 Å². The molecule has 0 radical (unpaired) electrons. The van der Waals surface area contributed by atoms with E-state index in [1.807, 2.05) is 6.07 Å². The van der Waals surface area contributed by atoms with Crippen LogP contribution in [0.1, 0.15) is 42.6 Å². The number of nitrogens with zero attached hydrogens (tertiary/aromatic N) is 1. The first-order chi connectivity index (χ1) is 9.70. The predicted octanol–water partition coefficient (Wildman–Crippen LogP) is 3.03. The van der Waals surface area contributed by atoms with Crippen LogP contribution in [0.5, 0.6) is 5.75 Å². The number of aromatic hydroxyl groups is 1. The standard InChI is InChI=1S/C10H7NO2.C6H13N/c12-6-8-5-4-7-2-1-3-9(13)10(7)11-8;7-6-4-2-1-3-5-6/h1-6,13H;6H,1-5,7H2. The number of nitrogens with two attached hydrogens (primary N) is 1. The lowest BCUT2D eigenvalue weighted by Crippen LogP contribution is -2.22. The van der Waals surface area contributed by atoms with E-state index >= 15 is 0 Å². The van der Waals surface area contributed by atoms with Gasteiger partial charge in [0.1, 0.15) is 17.0 Å². The Morgan fingerprint density at radius 1 is 1.15 bits per heavy atom. The van der Waals surface area contributed by atoms with E-state index in [2.05, 4.69) is 4.98 Å². The van der Waals surface area contributed by atoms with Crippen molar-refractivity contribution in [3.8, 4) is 5.75 Å². The summed E-state index contributed by atoms with van der Waals surface area (Å²) in [5.74, 6) is 0.0983. The number of rotatable bonds is 1. The number of aldehydes is 1. The van der Waals surface area contributed by atoms with Crippen molar-refractivity contribution in [3.05, 3.63) is 36.0 Å². The Morgan fingerprint density at radius 3 is 2.50 bits per heavy atom. The molecule has 106 valence electrons. The van der Waals surface area contributed by atoms with Gasteiger partial charge in [0.05, 0.1) is 0 Å². The smallest absolute Gasteiger partial charge is 0.168 e. The van der Waals surface area contributed by atoms with E-state index < -0.39 is 0 Å². The average molecular weight is 272 g/mol. The number of hydrogen-bond acceptors (Lipinski definition) is 4. The summed E-state index contributed by atoms with van der Waals surface area (Å²) in [4.78, 5) is 14.4. The minimum atomic E-state index is 0.0983. The molecule has 0 aliphatic heterocycles. The minimum absolute atomic E-state index is 0.0983. The number of carbonyl (C=O) groups excluding carboxylic acids is 1. The number of pyridine rings is 1. The third kappa shape index (κ3) is 3.78. The number of fused-ring (bicyclic) bond motifs is 1. The van der Waals surface area contributed by atoms with E-state index in [1.54, 1.807) is 24.3 Å². The highest BCUT2D eigenvalue weighted by Gasteiger charge is 2.06. The van der Waals surface area contributed by atoms with E-state index in [-0.39, 0.29) is 5.75 Å². The number of phenolic OH excluding ortho intramolecular Hbond substituents is 1. The lowest BCUT2D eigenvalue weighted by atomic mass is 9.97. The average Bonchev–Trinajstić information content (AvgIpc) is 2.49. The summed E-state index contributed by atoms with van der Waals surface area (Å²) in [5.41, 5.74) is 6.43. The molecule has 0 unspecified atom stereocenters. The van der Waals surface area contributed by atoms with Gasteiger partial charge in [0.15, 0.2) is 6.29 Å². The zero-order valence-electron chi connectivity index (χ0n) is 11.5. The minimum Gasteiger partial charge on any atom is -0.506 e. The van der Waals surface area contributed by atoms with E-state index in [1.165, 1.54) is 32.1 Å². The van der Waals surface area contributed by atoms with E-state index in [0.29, 0.717) is 23.5 Å². The second-order valence-corrected chi connectivity index (χ2v) is 5.10. The maximum absolute atomic E-state index is 10.4. The molecule has 2 aromatic rings. The van der Waals surface area contributed by atoms with Crippen molar-refractivity contribution in [2.24, 2.45) is 5.73 Å². The topological polar surface area (TPSA) is 76.2 Å². The van der Waals surface area contributed by atoms with Crippen molar-refractivity contribution in [1.82, 2.24) is 4.98 Å². The monoisotopic (exact) mass is 272 g/mol. The summed E-state index contributed by atoms with van der Waals surface area (Å²) in [6, 6.07) is 9.02. The zero-order valence-corrected chi connectivity index (χ0v) is 11.5. The van der Waals surface area contributed by atoms with Crippen molar-refractivity contribution in [2.75, 3.05) is 0 Å². The van der Waals surface area contributed by atoms with Gasteiger partial charge in [0, 0.05) is 11.4 Å². The fourth-order valence-electron chi connectivity index (χ4n) is 2.35. The maximum atomic E-state index is 10.4. The lowest BCUT2D eigenvalue weighted by molar-refractivity contribution is 0.111. The van der Waals surface area contributed by atoms with Gasteiger partial charge in [-0.15, -0.1) is 0 Å². The van der Waals surface area contributed by atoms with Crippen LogP contribution in [-0.2, 0) is 0 Å². The molecule has 0 bridgehead atoms. The van der Waals surface area contributed by atoms with Gasteiger partial charge in [-0.05, 0) is 25.0 Å². The van der Waals surface area contributed by atoms with Crippen LogP contribution in [0, 0.1) is 0 Å². The summed E-state index contributed by atoms with van der Waals surface area (Å²) in [7, 11) is 0. The Kier molecular flexibility index (Phi) is 5.07. The molecule has 1 aliphatic carbocycles. The van der Waals surface area contributed by atoms with Gasteiger partial charge >= 0.3 is 0 Å². The molecule has 4 heteroatoms. The second kappa shape index (κ2) is 7.01. The highest BCUT2D eigenvalue weighted by atomic mass is 16.3. The van der Waals surface area contributed by atoms with Crippen LogP contribution < -0.4 is 5.73 Å². The van der Waals surface area contributed by atoms with Crippen LogP contribution in [0.3, 0.4) is 0 Å². The van der Waals surface area contributed by atoms with Gasteiger partial charge in [0.2, 0.25) is 0 Å². The molecule has 1 heterocycles. The molecule has 1 aromatic carbocycles. The molecule has 4 nitrogen and oxygen atoms in total. The first-order valence-corrected chi connectivity index (χ1v) is 7.00. The van der Waals surface area contributed by atoms with E-state index in [0.717, 1.165) is 5.39 Å². The van der Waals surface area contributed by atoms with E-state index in [9.17, 15) is 9.90 Å². The number of para-hydroxylation sites is 1. The number of hydrogen-bond donors (Lipinski definition) is 2. The SMILES string of the molecule is NC1CCCCC1.O=Cc1ccc2cccc(O)c2n1. The molecular formula is C16H20N2O2. The van der Waals surface area contributed by atoms with Crippen molar-refractivity contribution < 1.29 is 9.90 Å². The molecular weight excluding hydrogens is 252 g/mol. The van der Waals surface area contributed by atoms with Crippen LogP contribution in [0.4, 0.5) is 0 Å². The third-order valence-corrected chi connectivity index (χ3v) is 3.49. The highest BCUT2D eigenvalue weighted by Crippen LogP contribution is 2.21. The normalized spacial score (nSPS) is 15.4. The first-order valence-electron chi connectivity index (χ1n) is 7.00. The number of benzene rings is 1. The molecule has 3 N–H and O–H groups in total. The number of phenols is 1. The van der Waals surface area contributed by atoms with Gasteiger partial charge < -0.3 is 10.8 Å². The fraction of sp³-hybridized carbons (Fsp3) is 0.375. The van der Waals surface area contributed by atoms with Gasteiger partial charge in [-0.2, -0.15) is 0 Å². The van der Waals surface area contributed by atoms with Crippen LogP contribution in [0.2, 0.25) is 0 Å². The largest absolute Gasteiger partial charge is 0.506 e. The Morgan fingerprint density at radius 2 is 1.90 bits per heavy atom. The number of aromatic nitrogens is 1. The van der Waals surface area contributed by atoms with Crippen molar-refractivity contribution in [1.29, 1.82) is 0 Å². The molecule has 0 atom stereocenters. The molecule has 1 fully saturated rings.